The molecule has 3 heterocycles. The number of amides is 1. The Bertz CT molecular complexity index is 1040. The number of fused-ring (bicyclic) bond motifs is 1. The van der Waals surface area contributed by atoms with Crippen molar-refractivity contribution < 1.29 is 27.4 Å². The van der Waals surface area contributed by atoms with Gasteiger partial charge in [0.15, 0.2) is 5.82 Å². The van der Waals surface area contributed by atoms with Crippen molar-refractivity contribution in [3.05, 3.63) is 48.2 Å². The molecule has 0 radical (unpaired) electrons. The number of ether oxygens (including phenoxy) is 2. The summed E-state index contributed by atoms with van der Waals surface area (Å²) in [5.74, 6) is -0.300. The number of nitrogens with two attached hydrogens (primary N) is 1. The topological polar surface area (TPSA) is 103 Å². The van der Waals surface area contributed by atoms with Crippen LogP contribution in [0, 0.1) is 0 Å². The summed E-state index contributed by atoms with van der Waals surface area (Å²) in [6, 6.07) is 4.66. The summed E-state index contributed by atoms with van der Waals surface area (Å²) in [4.78, 5) is 23.0. The molecule has 3 N–H and O–H groups in total. The maximum Gasteiger partial charge on any atom is 0.428 e. The molecule has 2 aromatic rings. The van der Waals surface area contributed by atoms with Gasteiger partial charge in [-0.05, 0) is 19.1 Å². The second-order valence-electron chi connectivity index (χ2n) is 7.69. The maximum atomic E-state index is 13.6. The minimum absolute atomic E-state index is 0.0374. The minimum atomic E-state index is -4.55. The molecule has 1 aromatic heterocycles. The highest BCUT2D eigenvalue weighted by molar-refractivity contribution is 6.24. The maximum absolute atomic E-state index is 13.6. The van der Waals surface area contributed by atoms with Crippen LogP contribution < -0.4 is 20.7 Å². The van der Waals surface area contributed by atoms with Crippen LogP contribution in [0.5, 0.6) is 5.75 Å². The Kier molecular flexibility index (Phi) is 5.68. The molecular weight excluding hydrogens is 427 g/mol. The van der Waals surface area contributed by atoms with Crippen LogP contribution in [0.2, 0.25) is 0 Å². The predicted octanol–water partition coefficient (Wildman–Crippen LogP) is 2.51. The monoisotopic (exact) mass is 449 g/mol. The van der Waals surface area contributed by atoms with Gasteiger partial charge in [0.1, 0.15) is 5.75 Å². The van der Waals surface area contributed by atoms with Crippen molar-refractivity contribution >= 4 is 22.9 Å². The van der Waals surface area contributed by atoms with E-state index in [4.69, 9.17) is 15.2 Å². The zero-order valence-electron chi connectivity index (χ0n) is 17.3. The van der Waals surface area contributed by atoms with E-state index < -0.39 is 17.7 Å². The Balaban J connectivity index is 1.69. The summed E-state index contributed by atoms with van der Waals surface area (Å²) in [6.45, 7) is 2.95. The first kappa shape index (κ1) is 21.9. The standard InChI is InChI=1S/C21H22F3N5O3/c1-20(21(22,23)24)11-13-9-15(16(10-17(13)32-20)29-5-7-31-8-6-29)28-19(30)14(12-25)18-26-3-2-4-27-18/h2-4,9-10,12H,5-8,11,25H2,1H3,(H,28,30)/t20-/m1/s1. The van der Waals surface area contributed by atoms with Crippen LogP contribution in [0.1, 0.15) is 18.3 Å². The number of nitrogens with zero attached hydrogens (tertiary/aromatic N) is 3. The molecule has 1 aromatic carbocycles. The van der Waals surface area contributed by atoms with Crippen LogP contribution >= 0.6 is 0 Å². The largest absolute Gasteiger partial charge is 0.477 e. The molecule has 0 spiro atoms. The molecule has 2 aliphatic rings. The minimum Gasteiger partial charge on any atom is -0.477 e. The number of anilines is 2. The van der Waals surface area contributed by atoms with Crippen molar-refractivity contribution in [1.82, 2.24) is 9.97 Å². The normalized spacial score (nSPS) is 21.1. The predicted molar refractivity (Wildman–Crippen MR) is 111 cm³/mol. The summed E-state index contributed by atoms with van der Waals surface area (Å²) in [5, 5.41) is 2.77. The van der Waals surface area contributed by atoms with E-state index in [1.54, 1.807) is 6.07 Å². The number of halogens is 3. The number of benzene rings is 1. The van der Waals surface area contributed by atoms with E-state index in [0.29, 0.717) is 43.2 Å². The van der Waals surface area contributed by atoms with Gasteiger partial charge in [0.25, 0.3) is 5.91 Å². The lowest BCUT2D eigenvalue weighted by Gasteiger charge is -2.31. The summed E-state index contributed by atoms with van der Waals surface area (Å²) >= 11 is 0. The zero-order chi connectivity index (χ0) is 22.9. The fraction of sp³-hybridized carbons (Fsp3) is 0.381. The number of nitrogens with one attached hydrogen (secondary N) is 1. The molecule has 1 atom stereocenters. The first-order valence-electron chi connectivity index (χ1n) is 9.98. The highest BCUT2D eigenvalue weighted by Crippen LogP contribution is 2.47. The number of morpholine rings is 1. The van der Waals surface area contributed by atoms with Crippen molar-refractivity contribution in [3.63, 3.8) is 0 Å². The van der Waals surface area contributed by atoms with Gasteiger partial charge in [0, 0.05) is 49.7 Å². The summed E-state index contributed by atoms with van der Waals surface area (Å²) in [5.41, 5.74) is 4.58. The zero-order valence-corrected chi connectivity index (χ0v) is 17.3. The van der Waals surface area contributed by atoms with Gasteiger partial charge in [0.05, 0.1) is 30.2 Å². The SMILES string of the molecule is C[C@]1(C(F)(F)F)Cc2cc(NC(=O)C(=CN)c3ncccn3)c(N3CCOCC3)cc2O1. The molecule has 1 fully saturated rings. The van der Waals surface area contributed by atoms with Crippen LogP contribution in [0.15, 0.2) is 36.8 Å². The molecule has 11 heteroatoms. The van der Waals surface area contributed by atoms with E-state index in [9.17, 15) is 18.0 Å². The van der Waals surface area contributed by atoms with E-state index in [0.717, 1.165) is 13.1 Å². The van der Waals surface area contributed by atoms with Gasteiger partial charge in [-0.3, -0.25) is 4.79 Å². The lowest BCUT2D eigenvalue weighted by Crippen LogP contribution is -2.46. The third-order valence-electron chi connectivity index (χ3n) is 5.46. The molecule has 1 amide bonds. The average Bonchev–Trinajstić information content (AvgIpc) is 3.11. The molecule has 1 saturated heterocycles. The fourth-order valence-corrected chi connectivity index (χ4v) is 3.69. The van der Waals surface area contributed by atoms with Crippen LogP contribution in [0.4, 0.5) is 24.5 Å². The molecule has 170 valence electrons. The van der Waals surface area contributed by atoms with Gasteiger partial charge in [0.2, 0.25) is 5.60 Å². The number of alkyl halides is 3. The first-order valence-corrected chi connectivity index (χ1v) is 9.98. The van der Waals surface area contributed by atoms with Gasteiger partial charge < -0.3 is 25.4 Å². The van der Waals surface area contributed by atoms with Crippen molar-refractivity contribution in [3.8, 4) is 5.75 Å². The lowest BCUT2D eigenvalue weighted by atomic mass is 9.98. The van der Waals surface area contributed by atoms with Crippen LogP contribution in [0.3, 0.4) is 0 Å². The Hall–Kier alpha value is -3.34. The smallest absolute Gasteiger partial charge is 0.428 e. The van der Waals surface area contributed by atoms with Gasteiger partial charge in [-0.15, -0.1) is 0 Å². The molecule has 0 unspecified atom stereocenters. The van der Waals surface area contributed by atoms with Crippen molar-refractivity contribution in [2.24, 2.45) is 5.73 Å². The van der Waals surface area contributed by atoms with Crippen LogP contribution in [0.25, 0.3) is 5.57 Å². The third-order valence-corrected chi connectivity index (χ3v) is 5.46. The van der Waals surface area contributed by atoms with E-state index in [2.05, 4.69) is 15.3 Å². The molecular formula is C21H22F3N5O3. The summed E-state index contributed by atoms with van der Waals surface area (Å²) in [7, 11) is 0. The molecule has 8 nitrogen and oxygen atoms in total. The molecule has 0 aliphatic carbocycles. The number of hydrogen-bond donors (Lipinski definition) is 2. The number of rotatable bonds is 4. The van der Waals surface area contributed by atoms with E-state index in [1.807, 2.05) is 4.90 Å². The van der Waals surface area contributed by atoms with Crippen LogP contribution in [-0.2, 0) is 16.0 Å². The molecule has 2 aliphatic heterocycles. The molecule has 32 heavy (non-hydrogen) atoms. The Morgan fingerprint density at radius 2 is 1.94 bits per heavy atom. The van der Waals surface area contributed by atoms with E-state index >= 15 is 0 Å². The van der Waals surface area contributed by atoms with E-state index in [1.165, 1.54) is 24.5 Å². The quantitative estimate of drug-likeness (QED) is 0.692. The van der Waals surface area contributed by atoms with Gasteiger partial charge in [-0.1, -0.05) is 0 Å². The van der Waals surface area contributed by atoms with Crippen molar-refractivity contribution in [2.45, 2.75) is 25.1 Å². The van der Waals surface area contributed by atoms with Crippen LogP contribution in [-0.4, -0.2) is 54.0 Å². The molecule has 0 bridgehead atoms. The number of carbonyl (C=O) groups excluding carboxylic acids is 1. The molecule has 4 rings (SSSR count). The van der Waals surface area contributed by atoms with Crippen molar-refractivity contribution in [1.29, 1.82) is 0 Å². The van der Waals surface area contributed by atoms with Gasteiger partial charge >= 0.3 is 6.18 Å². The Morgan fingerprint density at radius 3 is 2.56 bits per heavy atom. The summed E-state index contributed by atoms with van der Waals surface area (Å²) < 4.78 is 51.4. The Labute approximate surface area is 182 Å². The lowest BCUT2D eigenvalue weighted by molar-refractivity contribution is -0.235. The highest BCUT2D eigenvalue weighted by atomic mass is 19.4. The number of carbonyl (C=O) groups is 1. The van der Waals surface area contributed by atoms with Gasteiger partial charge in [-0.2, -0.15) is 13.2 Å². The van der Waals surface area contributed by atoms with E-state index in [-0.39, 0.29) is 23.6 Å². The second kappa shape index (κ2) is 8.30. The summed E-state index contributed by atoms with van der Waals surface area (Å²) in [6.07, 6.45) is -0.865. The fourth-order valence-electron chi connectivity index (χ4n) is 3.69. The molecule has 0 saturated carbocycles. The average molecular weight is 449 g/mol. The highest BCUT2D eigenvalue weighted by Gasteiger charge is 2.57. The number of aromatic nitrogens is 2. The number of hydrogen-bond acceptors (Lipinski definition) is 7. The van der Waals surface area contributed by atoms with Crippen molar-refractivity contribution in [2.75, 3.05) is 36.5 Å². The first-order chi connectivity index (χ1) is 15.2. The van der Waals surface area contributed by atoms with Gasteiger partial charge in [-0.25, -0.2) is 9.97 Å². The Morgan fingerprint density at radius 1 is 1.25 bits per heavy atom. The third kappa shape index (κ3) is 4.07. The second-order valence-corrected chi connectivity index (χ2v) is 7.69.